The fraction of sp³-hybridized carbons (Fsp3) is 0.200. The van der Waals surface area contributed by atoms with Gasteiger partial charge in [-0.15, -0.1) is 10.2 Å². The Kier molecular flexibility index (Phi) is 7.36. The fourth-order valence-electron chi connectivity index (χ4n) is 3.30. The number of hydrogen-bond acceptors (Lipinski definition) is 6. The summed E-state index contributed by atoms with van der Waals surface area (Å²) in [5.74, 6) is 1.65. The van der Waals surface area contributed by atoms with Gasteiger partial charge in [0, 0.05) is 17.4 Å². The fourth-order valence-corrected chi connectivity index (χ4v) is 4.08. The van der Waals surface area contributed by atoms with Crippen LogP contribution in [0.25, 0.3) is 17.1 Å². The van der Waals surface area contributed by atoms with Crippen molar-refractivity contribution in [1.82, 2.24) is 25.1 Å². The lowest BCUT2D eigenvalue weighted by Crippen LogP contribution is -2.25. The molecule has 33 heavy (non-hydrogen) atoms. The number of thioether (sulfide) groups is 1. The summed E-state index contributed by atoms with van der Waals surface area (Å²) in [7, 11) is 0. The van der Waals surface area contributed by atoms with Crippen molar-refractivity contribution >= 4 is 17.7 Å². The minimum Gasteiger partial charge on any atom is -0.494 e. The highest BCUT2D eigenvalue weighted by molar-refractivity contribution is 7.99. The third-order valence-electron chi connectivity index (χ3n) is 4.84. The maximum Gasteiger partial charge on any atom is 0.230 e. The largest absolute Gasteiger partial charge is 0.494 e. The second-order valence-electron chi connectivity index (χ2n) is 7.32. The average Bonchev–Trinajstić information content (AvgIpc) is 3.27. The SMILES string of the molecule is CCOc1ccc(-n2c(SCC(=O)NCc3ccccn3)nnc2-c2cccc(C)c2)cc1. The highest BCUT2D eigenvalue weighted by Crippen LogP contribution is 2.29. The van der Waals surface area contributed by atoms with Crippen LogP contribution in [0.2, 0.25) is 0 Å². The molecule has 0 bridgehead atoms. The van der Waals surface area contributed by atoms with Crippen molar-refractivity contribution in [2.24, 2.45) is 0 Å². The van der Waals surface area contributed by atoms with Crippen LogP contribution in [0.1, 0.15) is 18.2 Å². The highest BCUT2D eigenvalue weighted by Gasteiger charge is 2.17. The second kappa shape index (κ2) is 10.8. The molecule has 2 aromatic heterocycles. The molecule has 0 aliphatic heterocycles. The topological polar surface area (TPSA) is 81.9 Å². The van der Waals surface area contributed by atoms with Crippen LogP contribution >= 0.6 is 11.8 Å². The Labute approximate surface area is 197 Å². The monoisotopic (exact) mass is 459 g/mol. The molecule has 0 radical (unpaired) electrons. The first-order valence-electron chi connectivity index (χ1n) is 10.7. The Morgan fingerprint density at radius 1 is 1.06 bits per heavy atom. The first-order valence-corrected chi connectivity index (χ1v) is 11.7. The lowest BCUT2D eigenvalue weighted by Gasteiger charge is -2.12. The van der Waals surface area contributed by atoms with Gasteiger partial charge in [0.1, 0.15) is 5.75 Å². The smallest absolute Gasteiger partial charge is 0.230 e. The van der Waals surface area contributed by atoms with Gasteiger partial charge in [0.15, 0.2) is 11.0 Å². The molecule has 8 heteroatoms. The van der Waals surface area contributed by atoms with E-state index in [-0.39, 0.29) is 11.7 Å². The summed E-state index contributed by atoms with van der Waals surface area (Å²) in [6.07, 6.45) is 1.71. The van der Waals surface area contributed by atoms with Crippen molar-refractivity contribution in [1.29, 1.82) is 0 Å². The van der Waals surface area contributed by atoms with E-state index in [4.69, 9.17) is 4.74 Å². The molecule has 4 aromatic rings. The van der Waals surface area contributed by atoms with Gasteiger partial charge in [-0.2, -0.15) is 0 Å². The molecule has 0 aliphatic rings. The number of rotatable bonds is 9. The number of nitrogens with zero attached hydrogens (tertiary/aromatic N) is 4. The van der Waals surface area contributed by atoms with Crippen molar-refractivity contribution in [2.75, 3.05) is 12.4 Å². The van der Waals surface area contributed by atoms with Gasteiger partial charge in [-0.25, -0.2) is 0 Å². The molecule has 0 atom stereocenters. The average molecular weight is 460 g/mol. The first-order chi connectivity index (χ1) is 16.1. The van der Waals surface area contributed by atoms with Crippen molar-refractivity contribution in [3.63, 3.8) is 0 Å². The number of ether oxygens (including phenoxy) is 1. The molecular weight excluding hydrogens is 434 g/mol. The van der Waals surface area contributed by atoms with E-state index in [1.807, 2.05) is 79.1 Å². The van der Waals surface area contributed by atoms with E-state index in [2.05, 4.69) is 26.6 Å². The number of nitrogens with one attached hydrogen (secondary N) is 1. The molecule has 0 fully saturated rings. The maximum atomic E-state index is 12.4. The zero-order valence-electron chi connectivity index (χ0n) is 18.6. The number of carbonyl (C=O) groups excluding carboxylic acids is 1. The molecule has 2 heterocycles. The Morgan fingerprint density at radius 2 is 1.91 bits per heavy atom. The van der Waals surface area contributed by atoms with Gasteiger partial charge in [-0.05, 0) is 56.3 Å². The molecule has 0 saturated carbocycles. The summed E-state index contributed by atoms with van der Waals surface area (Å²) >= 11 is 1.34. The van der Waals surface area contributed by atoms with Crippen LogP contribution < -0.4 is 10.1 Å². The van der Waals surface area contributed by atoms with Crippen LogP contribution in [0, 0.1) is 6.92 Å². The Morgan fingerprint density at radius 3 is 2.64 bits per heavy atom. The number of carbonyl (C=O) groups is 1. The number of benzene rings is 2. The van der Waals surface area contributed by atoms with E-state index < -0.39 is 0 Å². The molecule has 4 rings (SSSR count). The number of hydrogen-bond donors (Lipinski definition) is 1. The van der Waals surface area contributed by atoms with Crippen molar-refractivity contribution in [2.45, 2.75) is 25.5 Å². The third-order valence-corrected chi connectivity index (χ3v) is 5.77. The summed E-state index contributed by atoms with van der Waals surface area (Å²) in [6, 6.07) is 21.5. The van der Waals surface area contributed by atoms with E-state index in [0.29, 0.717) is 18.3 Å². The van der Waals surface area contributed by atoms with Crippen molar-refractivity contribution in [3.05, 3.63) is 84.2 Å². The third kappa shape index (κ3) is 5.78. The van der Waals surface area contributed by atoms with Gasteiger partial charge in [-0.3, -0.25) is 14.3 Å². The van der Waals surface area contributed by atoms with E-state index in [1.54, 1.807) is 6.20 Å². The predicted molar refractivity (Wildman–Crippen MR) is 130 cm³/mol. The zero-order chi connectivity index (χ0) is 23.0. The van der Waals surface area contributed by atoms with E-state index in [1.165, 1.54) is 11.8 Å². The summed E-state index contributed by atoms with van der Waals surface area (Å²) in [5, 5.41) is 12.4. The summed E-state index contributed by atoms with van der Waals surface area (Å²) < 4.78 is 7.55. The normalized spacial score (nSPS) is 10.7. The van der Waals surface area contributed by atoms with Gasteiger partial charge >= 0.3 is 0 Å². The van der Waals surface area contributed by atoms with Crippen molar-refractivity contribution in [3.8, 4) is 22.8 Å². The van der Waals surface area contributed by atoms with Crippen LogP contribution in [0.15, 0.2) is 78.1 Å². The van der Waals surface area contributed by atoms with Gasteiger partial charge in [-0.1, -0.05) is 41.6 Å². The Balaban J connectivity index is 1.56. The molecule has 0 spiro atoms. The maximum absolute atomic E-state index is 12.4. The molecule has 1 amide bonds. The van der Waals surface area contributed by atoms with Gasteiger partial charge in [0.2, 0.25) is 5.91 Å². The molecule has 0 aliphatic carbocycles. The second-order valence-corrected chi connectivity index (χ2v) is 8.27. The molecule has 0 unspecified atom stereocenters. The Bertz CT molecular complexity index is 1210. The summed E-state index contributed by atoms with van der Waals surface area (Å²) in [5.41, 5.74) is 3.81. The summed E-state index contributed by atoms with van der Waals surface area (Å²) in [4.78, 5) is 16.7. The quantitative estimate of drug-likeness (QED) is 0.373. The molecular formula is C25H25N5O2S. The first kappa shape index (κ1) is 22.5. The van der Waals surface area contributed by atoms with E-state index in [9.17, 15) is 4.79 Å². The molecule has 2 aromatic carbocycles. The lowest BCUT2D eigenvalue weighted by molar-refractivity contribution is -0.118. The standard InChI is InChI=1S/C25H25N5O2S/c1-3-32-22-12-10-21(11-13-22)30-24(19-8-6-7-18(2)15-19)28-29-25(30)33-17-23(31)27-16-20-9-4-5-14-26-20/h4-15H,3,16-17H2,1-2H3,(H,27,31). The van der Waals surface area contributed by atoms with Gasteiger partial charge < -0.3 is 10.1 Å². The number of pyridine rings is 1. The van der Waals surface area contributed by atoms with E-state index in [0.717, 1.165) is 34.1 Å². The number of amides is 1. The molecule has 0 saturated heterocycles. The highest BCUT2D eigenvalue weighted by atomic mass is 32.2. The Hall–Kier alpha value is -3.65. The number of aromatic nitrogens is 4. The predicted octanol–water partition coefficient (Wildman–Crippen LogP) is 4.44. The minimum absolute atomic E-state index is 0.0935. The van der Waals surface area contributed by atoms with Crippen LogP contribution in [0.5, 0.6) is 5.75 Å². The van der Waals surface area contributed by atoms with E-state index >= 15 is 0 Å². The van der Waals surface area contributed by atoms with Crippen LogP contribution in [0.4, 0.5) is 0 Å². The van der Waals surface area contributed by atoms with Gasteiger partial charge in [0.25, 0.3) is 0 Å². The van der Waals surface area contributed by atoms with Crippen molar-refractivity contribution < 1.29 is 9.53 Å². The number of aryl methyl sites for hydroxylation is 1. The zero-order valence-corrected chi connectivity index (χ0v) is 19.4. The van der Waals surface area contributed by atoms with Gasteiger partial charge in [0.05, 0.1) is 24.6 Å². The lowest BCUT2D eigenvalue weighted by atomic mass is 10.1. The molecule has 7 nitrogen and oxygen atoms in total. The van der Waals surface area contributed by atoms with Crippen LogP contribution in [-0.2, 0) is 11.3 Å². The summed E-state index contributed by atoms with van der Waals surface area (Å²) in [6.45, 7) is 5.00. The van der Waals surface area contributed by atoms with Crippen LogP contribution in [-0.4, -0.2) is 38.0 Å². The minimum atomic E-state index is -0.0935. The molecule has 168 valence electrons. The molecule has 1 N–H and O–H groups in total. The van der Waals surface area contributed by atoms with Crippen LogP contribution in [0.3, 0.4) is 0 Å².